The fourth-order valence-corrected chi connectivity index (χ4v) is 6.57. The third kappa shape index (κ3) is 6.99. The molecule has 3 heterocycles. The van der Waals surface area contributed by atoms with Crippen LogP contribution in [0, 0.1) is 12.8 Å². The molecule has 1 saturated carbocycles. The van der Waals surface area contributed by atoms with E-state index in [-0.39, 0.29) is 31.3 Å². The third-order valence-electron chi connectivity index (χ3n) is 9.01. The zero-order chi connectivity index (χ0) is 33.5. The molecule has 0 spiro atoms. The summed E-state index contributed by atoms with van der Waals surface area (Å²) >= 11 is 0. The van der Waals surface area contributed by atoms with Crippen molar-refractivity contribution < 1.29 is 41.0 Å². The average molecular weight is 659 g/mol. The molecule has 0 amide bonds. The van der Waals surface area contributed by atoms with Crippen LogP contribution >= 0.6 is 0 Å². The molecule has 0 saturated heterocycles. The van der Waals surface area contributed by atoms with Crippen molar-refractivity contribution in [3.8, 4) is 22.8 Å². The molecule has 1 fully saturated rings. The molecule has 2 aromatic carbocycles. The number of hydrogen-bond acceptors (Lipinski definition) is 5. The maximum absolute atomic E-state index is 13.8. The van der Waals surface area contributed by atoms with Gasteiger partial charge in [-0.3, -0.25) is 4.90 Å². The number of carboxylic acid groups (broad SMARTS) is 1. The van der Waals surface area contributed by atoms with Crippen molar-refractivity contribution in [1.82, 2.24) is 19.7 Å². The second-order valence-corrected chi connectivity index (χ2v) is 12.2. The van der Waals surface area contributed by atoms with Crippen LogP contribution in [0.25, 0.3) is 17.1 Å². The quantitative estimate of drug-likeness (QED) is 0.203. The molecule has 1 aliphatic heterocycles. The minimum atomic E-state index is -4.98. The summed E-state index contributed by atoms with van der Waals surface area (Å²) in [5, 5.41) is 13.0. The largest absolute Gasteiger partial charge is 0.488 e. The highest BCUT2D eigenvalue weighted by molar-refractivity contribution is 5.89. The Morgan fingerprint density at radius 1 is 0.979 bits per heavy atom. The Morgan fingerprint density at radius 2 is 1.74 bits per heavy atom. The highest BCUT2D eigenvalue weighted by Gasteiger charge is 2.43. The molecule has 2 aromatic heterocycles. The van der Waals surface area contributed by atoms with E-state index >= 15 is 0 Å². The predicted molar refractivity (Wildman–Crippen MR) is 160 cm³/mol. The molecule has 0 atom stereocenters. The topological polar surface area (TPSA) is 80.5 Å². The van der Waals surface area contributed by atoms with E-state index in [4.69, 9.17) is 4.74 Å². The minimum Gasteiger partial charge on any atom is -0.488 e. The van der Waals surface area contributed by atoms with Gasteiger partial charge in [0.2, 0.25) is 0 Å². The number of hydrogen-bond donors (Lipinski definition) is 1. The standard InChI is InChI=1S/C34H32F6N4O3/c1-20-5-12-29(26(15-20)28-3-2-4-30(42-28)44-31(34(38,39)40)27(17-41-44)32(45)46)47-19-21-6-7-23-18-43(14-13-22(23)16-21)25-10-8-24(9-11-25)33(35,36)37/h2-7,12,15-17,24-25H,8-11,13-14,18-19H2,1H3,(H,45,46). The van der Waals surface area contributed by atoms with Crippen LogP contribution in [-0.4, -0.2) is 49.5 Å². The summed E-state index contributed by atoms with van der Waals surface area (Å²) in [4.78, 5) is 18.1. The molecule has 0 radical (unpaired) electrons. The Balaban J connectivity index is 1.17. The van der Waals surface area contributed by atoms with E-state index in [9.17, 15) is 36.2 Å². The SMILES string of the molecule is Cc1ccc(OCc2ccc3c(c2)CCN(C2CCC(C(F)(F)F)CC2)C3)c(-c2cccc(-n3ncc(C(=O)O)c3C(F)(F)F)n2)c1. The van der Waals surface area contributed by atoms with Gasteiger partial charge in [0.25, 0.3) is 0 Å². The number of halogens is 6. The van der Waals surface area contributed by atoms with E-state index in [1.165, 1.54) is 17.7 Å². The van der Waals surface area contributed by atoms with Crippen LogP contribution in [0.5, 0.6) is 5.75 Å². The van der Waals surface area contributed by atoms with Crippen molar-refractivity contribution in [1.29, 1.82) is 0 Å². The smallest absolute Gasteiger partial charge is 0.434 e. The number of aromatic carboxylic acids is 1. The molecule has 7 nitrogen and oxygen atoms in total. The lowest BCUT2D eigenvalue weighted by atomic mass is 9.84. The summed E-state index contributed by atoms with van der Waals surface area (Å²) in [6.45, 7) is 3.55. The molecule has 1 N–H and O–H groups in total. The van der Waals surface area contributed by atoms with Gasteiger partial charge < -0.3 is 9.84 Å². The highest BCUT2D eigenvalue weighted by atomic mass is 19.4. The summed E-state index contributed by atoms with van der Waals surface area (Å²) in [5.74, 6) is -2.69. The number of benzene rings is 2. The Bertz CT molecular complexity index is 1780. The van der Waals surface area contributed by atoms with E-state index in [1.807, 2.05) is 31.2 Å². The zero-order valence-electron chi connectivity index (χ0n) is 25.4. The van der Waals surface area contributed by atoms with Crippen LogP contribution in [0.4, 0.5) is 26.3 Å². The number of fused-ring (bicyclic) bond motifs is 1. The molecule has 6 rings (SSSR count). The van der Waals surface area contributed by atoms with Crippen LogP contribution in [0.2, 0.25) is 0 Å². The molecule has 13 heteroatoms. The summed E-state index contributed by atoms with van der Waals surface area (Å²) < 4.78 is 87.6. The number of nitrogens with zero attached hydrogens (tertiary/aromatic N) is 4. The van der Waals surface area contributed by atoms with Crippen molar-refractivity contribution in [2.75, 3.05) is 6.54 Å². The zero-order valence-corrected chi connectivity index (χ0v) is 25.4. The van der Waals surface area contributed by atoms with Crippen molar-refractivity contribution in [2.24, 2.45) is 5.92 Å². The van der Waals surface area contributed by atoms with Gasteiger partial charge in [-0.2, -0.15) is 31.4 Å². The number of pyridine rings is 1. The summed E-state index contributed by atoms with van der Waals surface area (Å²) in [5.41, 5.74) is 2.56. The van der Waals surface area contributed by atoms with Gasteiger partial charge in [0.15, 0.2) is 11.5 Å². The third-order valence-corrected chi connectivity index (χ3v) is 9.01. The second kappa shape index (κ2) is 12.7. The van der Waals surface area contributed by atoms with Crippen LogP contribution in [0.3, 0.4) is 0 Å². The molecule has 248 valence electrons. The van der Waals surface area contributed by atoms with Crippen molar-refractivity contribution in [3.63, 3.8) is 0 Å². The van der Waals surface area contributed by atoms with Gasteiger partial charge in [0, 0.05) is 24.7 Å². The molecule has 2 aliphatic rings. The Labute approximate surface area is 266 Å². The average Bonchev–Trinajstić information content (AvgIpc) is 3.51. The first-order valence-electron chi connectivity index (χ1n) is 15.3. The number of aromatic nitrogens is 3. The second-order valence-electron chi connectivity index (χ2n) is 12.2. The first kappa shape index (κ1) is 32.5. The molecule has 1 aliphatic carbocycles. The van der Waals surface area contributed by atoms with Gasteiger partial charge in [0.1, 0.15) is 17.9 Å². The van der Waals surface area contributed by atoms with Crippen LogP contribution in [0.1, 0.15) is 64.0 Å². The van der Waals surface area contributed by atoms with Gasteiger partial charge in [-0.15, -0.1) is 0 Å². The Hall–Kier alpha value is -4.39. The normalized spacial score (nSPS) is 19.0. The van der Waals surface area contributed by atoms with Gasteiger partial charge >= 0.3 is 18.3 Å². The summed E-state index contributed by atoms with van der Waals surface area (Å²) in [6.07, 6.45) is -6.20. The molecular weight excluding hydrogens is 626 g/mol. The number of alkyl halides is 6. The van der Waals surface area contributed by atoms with E-state index in [2.05, 4.69) is 21.0 Å². The lowest BCUT2D eigenvalue weighted by Crippen LogP contribution is -2.42. The van der Waals surface area contributed by atoms with Crippen molar-refractivity contribution in [3.05, 3.63) is 94.3 Å². The number of rotatable bonds is 7. The maximum atomic E-state index is 13.8. The van der Waals surface area contributed by atoms with E-state index < -0.39 is 35.5 Å². The van der Waals surface area contributed by atoms with E-state index in [0.29, 0.717) is 47.3 Å². The molecule has 0 unspecified atom stereocenters. The number of carboxylic acids is 1. The van der Waals surface area contributed by atoms with Gasteiger partial charge in [-0.25, -0.2) is 14.5 Å². The summed E-state index contributed by atoms with van der Waals surface area (Å²) in [7, 11) is 0. The van der Waals surface area contributed by atoms with Crippen molar-refractivity contribution >= 4 is 5.97 Å². The van der Waals surface area contributed by atoms with Gasteiger partial charge in [-0.1, -0.05) is 35.9 Å². The van der Waals surface area contributed by atoms with Gasteiger partial charge in [0.05, 0.1) is 17.8 Å². The first-order chi connectivity index (χ1) is 22.3. The summed E-state index contributed by atoms with van der Waals surface area (Å²) in [6, 6.07) is 16.1. The molecule has 47 heavy (non-hydrogen) atoms. The van der Waals surface area contributed by atoms with E-state index in [1.54, 1.807) is 12.1 Å². The lowest BCUT2D eigenvalue weighted by Gasteiger charge is -2.40. The maximum Gasteiger partial charge on any atom is 0.434 e. The fraction of sp³-hybridized carbons (Fsp3) is 0.382. The number of ether oxygens (including phenoxy) is 1. The predicted octanol–water partition coefficient (Wildman–Crippen LogP) is 8.02. The number of carbonyl (C=O) groups is 1. The number of aryl methyl sites for hydroxylation is 1. The van der Waals surface area contributed by atoms with E-state index in [0.717, 1.165) is 29.7 Å². The van der Waals surface area contributed by atoms with Crippen LogP contribution in [0.15, 0.2) is 60.8 Å². The van der Waals surface area contributed by atoms with Gasteiger partial charge in [-0.05, 0) is 80.0 Å². The van der Waals surface area contributed by atoms with Crippen molar-refractivity contribution in [2.45, 2.75) is 70.6 Å². The fourth-order valence-electron chi connectivity index (χ4n) is 6.57. The van der Waals surface area contributed by atoms with Crippen LogP contribution < -0.4 is 4.74 Å². The first-order valence-corrected chi connectivity index (χ1v) is 15.3. The minimum absolute atomic E-state index is 0.157. The Kier molecular flexibility index (Phi) is 8.77. The molecular formula is C34H32F6N4O3. The van der Waals surface area contributed by atoms with Crippen LogP contribution in [-0.2, 0) is 25.7 Å². The molecule has 4 aromatic rings. The molecule has 0 bridgehead atoms. The highest BCUT2D eigenvalue weighted by Crippen LogP contribution is 2.40. The Morgan fingerprint density at radius 3 is 2.45 bits per heavy atom. The monoisotopic (exact) mass is 658 g/mol. The lowest BCUT2D eigenvalue weighted by molar-refractivity contribution is -0.184.